The van der Waals surface area contributed by atoms with Crippen molar-refractivity contribution in [3.05, 3.63) is 30.3 Å². The van der Waals surface area contributed by atoms with Gasteiger partial charge in [0.25, 0.3) is 0 Å². The monoisotopic (exact) mass is 341 g/mol. The van der Waals surface area contributed by atoms with Crippen LogP contribution in [0, 0.1) is 0 Å². The van der Waals surface area contributed by atoms with Crippen molar-refractivity contribution in [2.75, 3.05) is 22.5 Å². The van der Waals surface area contributed by atoms with E-state index < -0.39 is 6.61 Å². The number of aromatic nitrogens is 2. The molecular formula is C13H13F2N5O2S. The highest BCUT2D eigenvalue weighted by atomic mass is 32.2. The number of benzene rings is 1. The summed E-state index contributed by atoms with van der Waals surface area (Å²) in [6, 6.07) is 6.98. The van der Waals surface area contributed by atoms with E-state index in [1.807, 2.05) is 0 Å². The maximum atomic E-state index is 12.0. The highest BCUT2D eigenvalue weighted by Crippen LogP contribution is 2.19. The topological polar surface area (TPSA) is 116 Å². The Morgan fingerprint density at radius 1 is 1.22 bits per heavy atom. The van der Waals surface area contributed by atoms with Crippen molar-refractivity contribution in [1.82, 2.24) is 9.97 Å². The molecule has 0 radical (unpaired) electrons. The summed E-state index contributed by atoms with van der Waals surface area (Å²) in [5.41, 5.74) is 11.5. The Bertz CT molecular complexity index is 664. The second-order valence-corrected chi connectivity index (χ2v) is 5.18. The van der Waals surface area contributed by atoms with Crippen LogP contribution in [-0.2, 0) is 4.79 Å². The van der Waals surface area contributed by atoms with E-state index in [1.165, 1.54) is 30.3 Å². The number of anilines is 3. The predicted octanol–water partition coefficient (Wildman–Crippen LogP) is 1.97. The summed E-state index contributed by atoms with van der Waals surface area (Å²) in [5, 5.41) is 2.89. The molecule has 0 saturated carbocycles. The number of amides is 1. The van der Waals surface area contributed by atoms with Gasteiger partial charge in [0.15, 0.2) is 5.16 Å². The number of nitrogens with zero attached hydrogens (tertiary/aromatic N) is 2. The lowest BCUT2D eigenvalue weighted by atomic mass is 10.3. The molecule has 2 rings (SSSR count). The molecule has 2 aromatic rings. The van der Waals surface area contributed by atoms with Crippen molar-refractivity contribution < 1.29 is 18.3 Å². The number of ether oxygens (including phenoxy) is 1. The zero-order valence-corrected chi connectivity index (χ0v) is 12.5. The average molecular weight is 341 g/mol. The molecule has 1 aromatic carbocycles. The molecule has 0 bridgehead atoms. The van der Waals surface area contributed by atoms with Crippen LogP contribution in [0.25, 0.3) is 0 Å². The van der Waals surface area contributed by atoms with Crippen molar-refractivity contribution in [2.45, 2.75) is 11.8 Å². The fraction of sp³-hybridized carbons (Fsp3) is 0.154. The second-order valence-electron chi connectivity index (χ2n) is 4.24. The van der Waals surface area contributed by atoms with E-state index in [-0.39, 0.29) is 29.0 Å². The minimum Gasteiger partial charge on any atom is -0.435 e. The van der Waals surface area contributed by atoms with Crippen LogP contribution in [0.2, 0.25) is 0 Å². The van der Waals surface area contributed by atoms with Crippen molar-refractivity contribution in [1.29, 1.82) is 0 Å². The summed E-state index contributed by atoms with van der Waals surface area (Å²) in [4.78, 5) is 19.7. The number of nitrogen functional groups attached to an aromatic ring is 2. The van der Waals surface area contributed by atoms with Crippen LogP contribution < -0.4 is 21.5 Å². The summed E-state index contributed by atoms with van der Waals surface area (Å²) in [7, 11) is 0. The molecular weight excluding hydrogens is 328 g/mol. The molecule has 23 heavy (non-hydrogen) atoms. The molecule has 0 atom stereocenters. The lowest BCUT2D eigenvalue weighted by molar-refractivity contribution is -0.113. The van der Waals surface area contributed by atoms with Gasteiger partial charge in [0.1, 0.15) is 17.4 Å². The van der Waals surface area contributed by atoms with Crippen LogP contribution in [0.1, 0.15) is 0 Å². The molecule has 5 N–H and O–H groups in total. The van der Waals surface area contributed by atoms with Crippen molar-refractivity contribution >= 4 is 35.0 Å². The van der Waals surface area contributed by atoms with Gasteiger partial charge in [0.05, 0.1) is 5.75 Å². The van der Waals surface area contributed by atoms with Gasteiger partial charge < -0.3 is 21.5 Å². The van der Waals surface area contributed by atoms with Crippen LogP contribution in [-0.4, -0.2) is 28.2 Å². The van der Waals surface area contributed by atoms with Gasteiger partial charge in [0, 0.05) is 11.8 Å². The number of nitrogens with two attached hydrogens (primary N) is 2. The van der Waals surface area contributed by atoms with Crippen LogP contribution in [0.3, 0.4) is 0 Å². The summed E-state index contributed by atoms with van der Waals surface area (Å²) >= 11 is 1.07. The Hall–Kier alpha value is -2.62. The number of alkyl halides is 2. The first-order valence-corrected chi connectivity index (χ1v) is 7.28. The summed E-state index contributed by atoms with van der Waals surface area (Å²) < 4.78 is 28.3. The van der Waals surface area contributed by atoms with E-state index >= 15 is 0 Å². The number of hydrogen-bond donors (Lipinski definition) is 3. The number of hydrogen-bond acceptors (Lipinski definition) is 7. The lowest BCUT2D eigenvalue weighted by Gasteiger charge is -2.07. The molecule has 10 heteroatoms. The number of rotatable bonds is 6. The molecule has 0 unspecified atom stereocenters. The Morgan fingerprint density at radius 2 is 1.83 bits per heavy atom. The Labute approximate surface area is 134 Å². The van der Waals surface area contributed by atoms with Crippen LogP contribution in [0.15, 0.2) is 35.5 Å². The first kappa shape index (κ1) is 16.7. The SMILES string of the molecule is Nc1cc(N)nc(SCC(=O)Nc2ccc(OC(F)F)cc2)n1. The van der Waals surface area contributed by atoms with E-state index in [4.69, 9.17) is 11.5 Å². The Kier molecular flexibility index (Phi) is 5.52. The summed E-state index contributed by atoms with van der Waals surface area (Å²) in [6.07, 6.45) is 0. The third-order valence-corrected chi connectivity index (χ3v) is 3.29. The van der Waals surface area contributed by atoms with Gasteiger partial charge in [-0.1, -0.05) is 11.8 Å². The van der Waals surface area contributed by atoms with E-state index in [2.05, 4.69) is 20.0 Å². The molecule has 0 aliphatic carbocycles. The van der Waals surface area contributed by atoms with Crippen LogP contribution in [0.5, 0.6) is 5.75 Å². The standard InChI is InChI=1S/C13H13F2N5O2S/c14-12(15)22-8-3-1-7(2-4-8)18-11(21)6-23-13-19-9(16)5-10(17)20-13/h1-5,12H,6H2,(H,18,21)(H4,16,17,19,20). The molecule has 7 nitrogen and oxygen atoms in total. The molecule has 0 aliphatic rings. The maximum absolute atomic E-state index is 12.0. The summed E-state index contributed by atoms with van der Waals surface area (Å²) in [5.74, 6) is 0.168. The van der Waals surface area contributed by atoms with E-state index in [0.717, 1.165) is 11.8 Å². The molecule has 122 valence electrons. The van der Waals surface area contributed by atoms with Crippen molar-refractivity contribution in [2.24, 2.45) is 0 Å². The third-order valence-electron chi connectivity index (χ3n) is 2.44. The quantitative estimate of drug-likeness (QED) is 0.543. The minimum absolute atomic E-state index is 0.0102. The van der Waals surface area contributed by atoms with Gasteiger partial charge in [0.2, 0.25) is 5.91 Å². The van der Waals surface area contributed by atoms with Gasteiger partial charge in [-0.2, -0.15) is 8.78 Å². The van der Waals surface area contributed by atoms with E-state index in [0.29, 0.717) is 10.8 Å². The molecule has 0 spiro atoms. The van der Waals surface area contributed by atoms with Gasteiger partial charge in [-0.05, 0) is 24.3 Å². The van der Waals surface area contributed by atoms with Gasteiger partial charge in [-0.3, -0.25) is 4.79 Å². The molecule has 0 fully saturated rings. The average Bonchev–Trinajstić information content (AvgIpc) is 2.46. The molecule has 1 heterocycles. The Morgan fingerprint density at radius 3 is 2.39 bits per heavy atom. The molecule has 0 saturated heterocycles. The summed E-state index contributed by atoms with van der Waals surface area (Å²) in [6.45, 7) is -2.89. The fourth-order valence-corrected chi connectivity index (χ4v) is 2.25. The van der Waals surface area contributed by atoms with Gasteiger partial charge >= 0.3 is 6.61 Å². The van der Waals surface area contributed by atoms with Gasteiger partial charge in [-0.25, -0.2) is 9.97 Å². The first-order chi connectivity index (χ1) is 10.9. The number of nitrogens with one attached hydrogen (secondary N) is 1. The first-order valence-electron chi connectivity index (χ1n) is 6.30. The van der Waals surface area contributed by atoms with Crippen molar-refractivity contribution in [3.8, 4) is 5.75 Å². The minimum atomic E-state index is -2.89. The van der Waals surface area contributed by atoms with Crippen LogP contribution >= 0.6 is 11.8 Å². The third kappa shape index (κ3) is 5.58. The highest BCUT2D eigenvalue weighted by Gasteiger charge is 2.08. The second kappa shape index (κ2) is 7.58. The van der Waals surface area contributed by atoms with Crippen molar-refractivity contribution in [3.63, 3.8) is 0 Å². The smallest absolute Gasteiger partial charge is 0.387 e. The largest absolute Gasteiger partial charge is 0.435 e. The fourth-order valence-electron chi connectivity index (χ4n) is 1.57. The Balaban J connectivity index is 1.87. The predicted molar refractivity (Wildman–Crippen MR) is 83.3 cm³/mol. The number of thioether (sulfide) groups is 1. The molecule has 0 aliphatic heterocycles. The maximum Gasteiger partial charge on any atom is 0.387 e. The number of carbonyl (C=O) groups excluding carboxylic acids is 1. The highest BCUT2D eigenvalue weighted by molar-refractivity contribution is 7.99. The normalized spacial score (nSPS) is 10.6. The van der Waals surface area contributed by atoms with Gasteiger partial charge in [-0.15, -0.1) is 0 Å². The zero-order valence-electron chi connectivity index (χ0n) is 11.7. The zero-order chi connectivity index (χ0) is 16.8. The molecule has 1 aromatic heterocycles. The van der Waals surface area contributed by atoms with E-state index in [9.17, 15) is 13.6 Å². The number of halogens is 2. The molecule has 1 amide bonds. The van der Waals surface area contributed by atoms with Crippen LogP contribution in [0.4, 0.5) is 26.1 Å². The van der Waals surface area contributed by atoms with E-state index in [1.54, 1.807) is 0 Å². The lowest BCUT2D eigenvalue weighted by Crippen LogP contribution is -2.14. The number of carbonyl (C=O) groups is 1.